The van der Waals surface area contributed by atoms with E-state index in [1.807, 2.05) is 18.2 Å². The summed E-state index contributed by atoms with van der Waals surface area (Å²) in [4.78, 5) is 30.7. The summed E-state index contributed by atoms with van der Waals surface area (Å²) in [5, 5.41) is 2.89. The third-order valence-corrected chi connectivity index (χ3v) is 4.70. The molecule has 142 valence electrons. The molecule has 0 radical (unpaired) electrons. The number of fused-ring (bicyclic) bond motifs is 1. The second-order valence-corrected chi connectivity index (χ2v) is 6.47. The van der Waals surface area contributed by atoms with Crippen LogP contribution in [0.2, 0.25) is 0 Å². The Kier molecular flexibility index (Phi) is 4.80. The van der Waals surface area contributed by atoms with E-state index in [1.165, 1.54) is 12.7 Å². The highest BCUT2D eigenvalue weighted by molar-refractivity contribution is 6.04. The van der Waals surface area contributed by atoms with Gasteiger partial charge in [-0.05, 0) is 47.9 Å². The number of pyridine rings is 1. The molecule has 2 amide bonds. The number of benzene rings is 1. The molecule has 0 saturated carbocycles. The van der Waals surface area contributed by atoms with Crippen molar-refractivity contribution in [1.29, 1.82) is 0 Å². The first-order chi connectivity index (χ1) is 13.6. The van der Waals surface area contributed by atoms with E-state index in [4.69, 9.17) is 9.15 Å². The molecule has 7 nitrogen and oxygen atoms in total. The van der Waals surface area contributed by atoms with Crippen LogP contribution < -0.4 is 10.1 Å². The van der Waals surface area contributed by atoms with Gasteiger partial charge in [0.2, 0.25) is 0 Å². The number of methoxy groups -OCH3 is 1. The van der Waals surface area contributed by atoms with Crippen molar-refractivity contribution in [2.24, 2.45) is 0 Å². The fraction of sp³-hybridized carbons (Fsp3) is 0.190. The average molecular weight is 377 g/mol. The normalized spacial score (nSPS) is 13.0. The number of carbonyl (C=O) groups is 2. The number of nitrogens with one attached hydrogen (secondary N) is 1. The number of amides is 2. The van der Waals surface area contributed by atoms with Crippen LogP contribution in [0.25, 0.3) is 0 Å². The molecule has 1 aliphatic heterocycles. The summed E-state index contributed by atoms with van der Waals surface area (Å²) >= 11 is 0. The van der Waals surface area contributed by atoms with Crippen LogP contribution in [0.4, 0.5) is 5.69 Å². The SMILES string of the molecule is COc1ccc(C(=O)N2CCc3ccc(NC(=O)c4ccncc4)cc3C2)o1. The standard InChI is InChI=1S/C21H19N3O4/c1-27-19-5-4-18(28-19)21(26)24-11-8-14-2-3-17(12-16(14)13-24)23-20(25)15-6-9-22-10-7-15/h2-7,9-10,12H,8,11,13H2,1H3,(H,23,25). The van der Waals surface area contributed by atoms with Gasteiger partial charge in [0, 0.05) is 42.8 Å². The van der Waals surface area contributed by atoms with E-state index in [2.05, 4.69) is 10.3 Å². The van der Waals surface area contributed by atoms with Crippen LogP contribution >= 0.6 is 0 Å². The molecule has 1 aliphatic rings. The summed E-state index contributed by atoms with van der Waals surface area (Å²) in [7, 11) is 1.49. The minimum atomic E-state index is -0.200. The first-order valence-electron chi connectivity index (χ1n) is 8.90. The Morgan fingerprint density at radius 2 is 1.93 bits per heavy atom. The van der Waals surface area contributed by atoms with E-state index in [9.17, 15) is 9.59 Å². The van der Waals surface area contributed by atoms with Crippen LogP contribution in [-0.4, -0.2) is 35.4 Å². The lowest BCUT2D eigenvalue weighted by Crippen LogP contribution is -2.35. The van der Waals surface area contributed by atoms with Crippen LogP contribution in [0, 0.1) is 0 Å². The second kappa shape index (κ2) is 7.56. The maximum absolute atomic E-state index is 12.7. The lowest BCUT2D eigenvalue weighted by Gasteiger charge is -2.28. The van der Waals surface area contributed by atoms with Gasteiger partial charge in [-0.15, -0.1) is 0 Å². The van der Waals surface area contributed by atoms with Gasteiger partial charge in [-0.1, -0.05) is 6.07 Å². The minimum Gasteiger partial charge on any atom is -0.468 e. The van der Waals surface area contributed by atoms with E-state index in [-0.39, 0.29) is 17.6 Å². The molecular weight excluding hydrogens is 358 g/mol. The van der Waals surface area contributed by atoms with Crippen molar-refractivity contribution in [3.8, 4) is 5.95 Å². The molecule has 3 heterocycles. The summed E-state index contributed by atoms with van der Waals surface area (Å²) in [6.45, 7) is 1.06. The molecule has 7 heteroatoms. The molecule has 4 rings (SSSR count). The van der Waals surface area contributed by atoms with Crippen LogP contribution in [0.15, 0.2) is 59.3 Å². The third kappa shape index (κ3) is 3.59. The van der Waals surface area contributed by atoms with Crippen molar-refractivity contribution < 1.29 is 18.7 Å². The second-order valence-electron chi connectivity index (χ2n) is 6.47. The molecule has 28 heavy (non-hydrogen) atoms. The van der Waals surface area contributed by atoms with E-state index < -0.39 is 0 Å². The molecule has 0 fully saturated rings. The number of furan rings is 1. The summed E-state index contributed by atoms with van der Waals surface area (Å²) in [5.74, 6) is 0.179. The smallest absolute Gasteiger partial charge is 0.290 e. The lowest BCUT2D eigenvalue weighted by atomic mass is 9.98. The van der Waals surface area contributed by atoms with Crippen molar-refractivity contribution in [2.45, 2.75) is 13.0 Å². The first kappa shape index (κ1) is 17.8. The number of hydrogen-bond acceptors (Lipinski definition) is 5. The molecule has 0 atom stereocenters. The fourth-order valence-electron chi connectivity index (χ4n) is 3.22. The highest BCUT2D eigenvalue weighted by atomic mass is 16.6. The number of aromatic nitrogens is 1. The van der Waals surface area contributed by atoms with Gasteiger partial charge >= 0.3 is 0 Å². The van der Waals surface area contributed by atoms with Gasteiger partial charge in [0.1, 0.15) is 0 Å². The lowest BCUT2D eigenvalue weighted by molar-refractivity contribution is 0.0696. The summed E-state index contributed by atoms with van der Waals surface area (Å²) in [6.07, 6.45) is 3.90. The van der Waals surface area contributed by atoms with E-state index >= 15 is 0 Å². The number of anilines is 1. The largest absolute Gasteiger partial charge is 0.468 e. The Morgan fingerprint density at radius 1 is 1.11 bits per heavy atom. The molecular formula is C21H19N3O4. The Morgan fingerprint density at radius 3 is 2.68 bits per heavy atom. The van der Waals surface area contributed by atoms with Crippen LogP contribution in [0.5, 0.6) is 5.95 Å². The Labute approximate surface area is 161 Å². The molecule has 3 aromatic rings. The topological polar surface area (TPSA) is 84.7 Å². The van der Waals surface area contributed by atoms with Gasteiger partial charge in [-0.25, -0.2) is 0 Å². The fourth-order valence-corrected chi connectivity index (χ4v) is 3.22. The van der Waals surface area contributed by atoms with E-state index in [0.29, 0.717) is 30.3 Å². The molecule has 0 saturated heterocycles. The number of nitrogens with zero attached hydrogens (tertiary/aromatic N) is 2. The molecule has 0 spiro atoms. The van der Waals surface area contributed by atoms with Crippen molar-refractivity contribution in [3.05, 3.63) is 77.3 Å². The van der Waals surface area contributed by atoms with Crippen LogP contribution in [-0.2, 0) is 13.0 Å². The molecule has 0 unspecified atom stereocenters. The van der Waals surface area contributed by atoms with Crippen LogP contribution in [0.3, 0.4) is 0 Å². The summed E-state index contributed by atoms with van der Waals surface area (Å²) < 4.78 is 10.4. The van der Waals surface area contributed by atoms with Gasteiger partial charge in [0.15, 0.2) is 5.76 Å². The van der Waals surface area contributed by atoms with Crippen molar-refractivity contribution >= 4 is 17.5 Å². The van der Waals surface area contributed by atoms with Crippen molar-refractivity contribution in [2.75, 3.05) is 19.0 Å². The quantitative estimate of drug-likeness (QED) is 0.755. The zero-order valence-corrected chi connectivity index (χ0v) is 15.3. The van der Waals surface area contributed by atoms with E-state index in [0.717, 1.165) is 12.0 Å². The third-order valence-electron chi connectivity index (χ3n) is 4.70. The molecule has 0 bridgehead atoms. The van der Waals surface area contributed by atoms with Gasteiger partial charge in [0.05, 0.1) is 7.11 Å². The summed E-state index contributed by atoms with van der Waals surface area (Å²) in [6, 6.07) is 12.3. The van der Waals surface area contributed by atoms with Gasteiger partial charge < -0.3 is 19.4 Å². The number of ether oxygens (including phenoxy) is 1. The average Bonchev–Trinajstić information content (AvgIpc) is 3.22. The van der Waals surface area contributed by atoms with Crippen molar-refractivity contribution in [1.82, 2.24) is 9.88 Å². The monoisotopic (exact) mass is 377 g/mol. The Balaban J connectivity index is 1.49. The maximum Gasteiger partial charge on any atom is 0.290 e. The van der Waals surface area contributed by atoms with E-state index in [1.54, 1.807) is 41.6 Å². The van der Waals surface area contributed by atoms with Crippen molar-refractivity contribution in [3.63, 3.8) is 0 Å². The number of rotatable bonds is 4. The maximum atomic E-state index is 12.7. The molecule has 1 N–H and O–H groups in total. The number of carbonyl (C=O) groups excluding carboxylic acids is 2. The number of hydrogen-bond donors (Lipinski definition) is 1. The molecule has 1 aromatic carbocycles. The minimum absolute atomic E-state index is 0.180. The van der Waals surface area contributed by atoms with Crippen LogP contribution in [0.1, 0.15) is 32.0 Å². The first-order valence-corrected chi connectivity index (χ1v) is 8.90. The predicted octanol–water partition coefficient (Wildman–Crippen LogP) is 3.13. The Bertz CT molecular complexity index is 1010. The van der Waals surface area contributed by atoms with Gasteiger partial charge in [-0.2, -0.15) is 0 Å². The highest BCUT2D eigenvalue weighted by Crippen LogP contribution is 2.25. The molecule has 0 aliphatic carbocycles. The summed E-state index contributed by atoms with van der Waals surface area (Å²) in [5.41, 5.74) is 3.40. The zero-order chi connectivity index (χ0) is 19.5. The Hall–Kier alpha value is -3.61. The van der Waals surface area contributed by atoms with Gasteiger partial charge in [0.25, 0.3) is 17.8 Å². The van der Waals surface area contributed by atoms with Gasteiger partial charge in [-0.3, -0.25) is 14.6 Å². The zero-order valence-electron chi connectivity index (χ0n) is 15.3. The highest BCUT2D eigenvalue weighted by Gasteiger charge is 2.24. The predicted molar refractivity (Wildman–Crippen MR) is 102 cm³/mol. The molecule has 2 aromatic heterocycles.